The van der Waals surface area contributed by atoms with E-state index in [2.05, 4.69) is 18.2 Å². The third-order valence-corrected chi connectivity index (χ3v) is 0.286. The highest BCUT2D eigenvalue weighted by Crippen LogP contribution is 2.11. The van der Waals surface area contributed by atoms with Crippen molar-refractivity contribution in [2.75, 3.05) is 0 Å². The summed E-state index contributed by atoms with van der Waals surface area (Å²) in [6.45, 7) is 2.22. The lowest BCUT2D eigenvalue weighted by Gasteiger charge is -1.70. The Morgan fingerprint density at radius 3 is 1.09 bits per heavy atom. The predicted molar refractivity (Wildman–Crippen MR) is 30.1 cm³/mol. The number of hydrogen-bond acceptors (Lipinski definition) is 0. The smallest absolute Gasteiger partial charge is 0.269 e. The molecule has 0 aromatic heterocycles. The van der Waals surface area contributed by atoms with Crippen LogP contribution in [0.3, 0.4) is 0 Å². The molecule has 0 fully saturated rings. The van der Waals surface area contributed by atoms with Gasteiger partial charge in [-0.25, -0.2) is 0 Å². The lowest BCUT2D eigenvalue weighted by Crippen LogP contribution is -1.54. The summed E-state index contributed by atoms with van der Waals surface area (Å²) in [6.07, 6.45) is -4.31. The van der Waals surface area contributed by atoms with E-state index in [0.717, 1.165) is 0 Å². The lowest BCUT2D eigenvalue weighted by atomic mass is 11.1. The first-order valence-electron chi connectivity index (χ1n) is 1.74. The molecule has 0 saturated heterocycles. The van der Waals surface area contributed by atoms with Crippen molar-refractivity contribution in [1.82, 2.24) is 0 Å². The van der Waals surface area contributed by atoms with E-state index < -0.39 is 17.4 Å². The van der Waals surface area contributed by atoms with Crippen LogP contribution in [0, 0.1) is 0 Å². The Morgan fingerprint density at radius 1 is 1.00 bits per heavy atom. The molecule has 0 heterocycles. The normalized spacial score (nSPS) is 6.73. The van der Waals surface area contributed by atoms with E-state index in [-0.39, 0.29) is 4.70 Å². The lowest BCUT2D eigenvalue weighted by molar-refractivity contribution is 0.393. The first-order chi connectivity index (χ1) is 4.37. The summed E-state index contributed by atoms with van der Waals surface area (Å²) in [5.74, 6) is 0. The zero-order valence-electron chi connectivity index (χ0n) is 4.88. The summed E-state index contributed by atoms with van der Waals surface area (Å²) in [5.41, 5.74) is 0. The molecule has 0 spiro atoms. The molecule has 0 aliphatic carbocycles. The zero-order valence-corrected chi connectivity index (χ0v) is 5.64. The topological polar surface area (TPSA) is 0 Å². The van der Waals surface area contributed by atoms with Crippen molar-refractivity contribution >= 4 is 11.6 Å². The third-order valence-electron chi connectivity index (χ3n) is 0.143. The van der Waals surface area contributed by atoms with Crippen LogP contribution in [0.1, 0.15) is 0 Å². The molecule has 0 atom stereocenters. The summed E-state index contributed by atoms with van der Waals surface area (Å²) in [7, 11) is 0. The van der Waals surface area contributed by atoms with Gasteiger partial charge in [0.25, 0.3) is 11.4 Å². The Morgan fingerprint density at radius 2 is 1.09 bits per heavy atom. The third kappa shape index (κ3) is 45.0. The molecule has 0 N–H and O–H groups in total. The summed E-state index contributed by atoms with van der Waals surface area (Å²) in [6, 6.07) is 0. The molecule has 0 radical (unpaired) electrons. The second-order valence-corrected chi connectivity index (χ2v) is 1.19. The van der Waals surface area contributed by atoms with Crippen LogP contribution in [0.25, 0.3) is 0 Å². The predicted octanol–water partition coefficient (Wildman–Crippen LogP) is 3.81. The van der Waals surface area contributed by atoms with Gasteiger partial charge in [-0.05, 0) is 18.2 Å². The van der Waals surface area contributed by atoms with Crippen LogP contribution in [0.15, 0.2) is 24.0 Å². The summed E-state index contributed by atoms with van der Waals surface area (Å²) < 4.78 is 52.1. The maximum absolute atomic E-state index is 10.7. The Balaban J connectivity index is -0.000000114. The van der Waals surface area contributed by atoms with Gasteiger partial charge >= 0.3 is 6.08 Å². The SMILES string of the molecule is C=C(F)F.F.FC(F)=C(F)Cl. The highest BCUT2D eigenvalue weighted by Gasteiger charge is 1.95. The minimum atomic E-state index is -2.48. The van der Waals surface area contributed by atoms with Crippen molar-refractivity contribution in [3.8, 4) is 0 Å². The van der Waals surface area contributed by atoms with Gasteiger partial charge < -0.3 is 0 Å². The molecule has 0 bridgehead atoms. The maximum atomic E-state index is 10.7. The molecule has 0 unspecified atom stereocenters. The highest BCUT2D eigenvalue weighted by molar-refractivity contribution is 6.28. The van der Waals surface area contributed by atoms with Crippen molar-refractivity contribution < 1.29 is 26.7 Å². The molecule has 0 aliphatic rings. The van der Waals surface area contributed by atoms with Crippen LogP contribution in [-0.4, -0.2) is 0 Å². The largest absolute Gasteiger partial charge is 0.317 e. The van der Waals surface area contributed by atoms with E-state index in [0.29, 0.717) is 0 Å². The summed E-state index contributed by atoms with van der Waals surface area (Å²) in [5, 5.41) is -1.94. The van der Waals surface area contributed by atoms with Gasteiger partial charge in [-0.1, -0.05) is 0 Å². The fourth-order valence-electron chi connectivity index (χ4n) is 0. The van der Waals surface area contributed by atoms with E-state index in [4.69, 9.17) is 0 Å². The number of halogens is 7. The first kappa shape index (κ1) is 16.7. The fourth-order valence-corrected chi connectivity index (χ4v) is 0. The Bertz CT molecular complexity index is 120. The zero-order chi connectivity index (χ0) is 8.73. The van der Waals surface area contributed by atoms with Crippen LogP contribution < -0.4 is 0 Å². The molecule has 0 aromatic carbocycles. The van der Waals surface area contributed by atoms with Gasteiger partial charge in [0.1, 0.15) is 0 Å². The van der Waals surface area contributed by atoms with Crippen molar-refractivity contribution in [3.05, 3.63) is 24.0 Å². The summed E-state index contributed by atoms with van der Waals surface area (Å²) in [4.78, 5) is 0. The average molecular weight is 201 g/mol. The van der Waals surface area contributed by atoms with E-state index in [1.165, 1.54) is 0 Å². The minimum Gasteiger partial charge on any atom is -0.269 e. The molecule has 0 aromatic rings. The highest BCUT2D eigenvalue weighted by atomic mass is 35.5. The van der Waals surface area contributed by atoms with Gasteiger partial charge in [0.05, 0.1) is 0 Å². The molecular formula is C4H3ClF6. The van der Waals surface area contributed by atoms with Crippen LogP contribution in [0.2, 0.25) is 0 Å². The molecule has 0 nitrogen and oxygen atoms in total. The van der Waals surface area contributed by atoms with Gasteiger partial charge in [-0.2, -0.15) is 22.0 Å². The van der Waals surface area contributed by atoms with Crippen LogP contribution >= 0.6 is 11.6 Å². The second kappa shape index (κ2) is 9.35. The van der Waals surface area contributed by atoms with Gasteiger partial charge in [0, 0.05) is 0 Å². The Kier molecular flexibility index (Phi) is 14.2. The Hall–Kier alpha value is -0.650. The van der Waals surface area contributed by atoms with Crippen molar-refractivity contribution in [3.63, 3.8) is 0 Å². The molecule has 0 rings (SSSR count). The van der Waals surface area contributed by atoms with Crippen LogP contribution in [0.4, 0.5) is 26.7 Å². The van der Waals surface area contributed by atoms with Crippen molar-refractivity contribution in [2.24, 2.45) is 0 Å². The number of hydrogen-bond donors (Lipinski definition) is 0. The molecular weight excluding hydrogens is 197 g/mol. The van der Waals surface area contributed by atoms with Gasteiger partial charge in [-0.15, -0.1) is 0 Å². The van der Waals surface area contributed by atoms with Crippen LogP contribution in [-0.2, 0) is 0 Å². The molecule has 68 valence electrons. The number of rotatable bonds is 0. The average Bonchev–Trinajstić information content (AvgIpc) is 1.63. The summed E-state index contributed by atoms with van der Waals surface area (Å²) >= 11 is 4.08. The monoisotopic (exact) mass is 200 g/mol. The van der Waals surface area contributed by atoms with E-state index in [1.54, 1.807) is 0 Å². The van der Waals surface area contributed by atoms with Gasteiger partial charge in [-0.3, -0.25) is 4.70 Å². The standard InChI is InChI=1S/C2ClF3.C2H2F2.FH/c3-1(4)2(5)6;1-2(3)4;/h;1H2;1H. The maximum Gasteiger partial charge on any atom is 0.317 e. The molecule has 0 amide bonds. The van der Waals surface area contributed by atoms with Gasteiger partial charge in [0.15, 0.2) is 0 Å². The molecule has 11 heavy (non-hydrogen) atoms. The fraction of sp³-hybridized carbons (Fsp3) is 0. The van der Waals surface area contributed by atoms with Crippen molar-refractivity contribution in [2.45, 2.75) is 0 Å². The van der Waals surface area contributed by atoms with Crippen LogP contribution in [0.5, 0.6) is 0 Å². The van der Waals surface area contributed by atoms with Gasteiger partial charge in [0.2, 0.25) is 0 Å². The molecule has 0 aliphatic heterocycles. The van der Waals surface area contributed by atoms with E-state index in [9.17, 15) is 22.0 Å². The molecule has 0 saturated carbocycles. The first-order valence-corrected chi connectivity index (χ1v) is 2.12. The second-order valence-electron chi connectivity index (χ2n) is 0.860. The Labute approximate surface area is 63.3 Å². The molecule has 7 heteroatoms. The minimum absolute atomic E-state index is 0. The van der Waals surface area contributed by atoms with E-state index >= 15 is 0 Å². The van der Waals surface area contributed by atoms with E-state index in [1.807, 2.05) is 0 Å². The quantitative estimate of drug-likeness (QED) is 0.522. The van der Waals surface area contributed by atoms with Crippen molar-refractivity contribution in [1.29, 1.82) is 0 Å².